The average molecular weight is 317 g/mol. The van der Waals surface area contributed by atoms with Gasteiger partial charge in [-0.15, -0.1) is 0 Å². The van der Waals surface area contributed by atoms with E-state index in [2.05, 4.69) is 5.32 Å². The molecule has 0 atom stereocenters. The van der Waals surface area contributed by atoms with E-state index in [1.54, 1.807) is 6.07 Å². The molecule has 0 saturated heterocycles. The van der Waals surface area contributed by atoms with Crippen molar-refractivity contribution in [2.75, 3.05) is 0 Å². The number of nitrogens with two attached hydrogens (primary N) is 1. The highest BCUT2D eigenvalue weighted by Crippen LogP contribution is 2.31. The number of phenols is 1. The molecule has 0 unspecified atom stereocenters. The molecule has 0 aliphatic heterocycles. The first-order valence-corrected chi connectivity index (χ1v) is 7.42. The van der Waals surface area contributed by atoms with Gasteiger partial charge in [-0.3, -0.25) is 4.79 Å². The minimum absolute atomic E-state index is 0.00191. The number of hydrogen-bond donors (Lipinski definition) is 3. The zero-order chi connectivity index (χ0) is 14.7. The number of carbonyl (C=O) groups excluding carboxylic acids is 1. The Morgan fingerprint density at radius 2 is 1.95 bits per heavy atom. The second kappa shape index (κ2) is 6.66. The fourth-order valence-electron chi connectivity index (χ4n) is 2.59. The van der Waals surface area contributed by atoms with Gasteiger partial charge in [0.25, 0.3) is 0 Å². The van der Waals surface area contributed by atoms with Gasteiger partial charge in [0, 0.05) is 29.1 Å². The van der Waals surface area contributed by atoms with Gasteiger partial charge in [-0.1, -0.05) is 23.2 Å². The molecule has 110 valence electrons. The number of halogens is 2. The fraction of sp³-hybridized carbons (Fsp3) is 0.500. The first-order valence-electron chi connectivity index (χ1n) is 6.67. The Labute approximate surface area is 128 Å². The molecule has 0 spiro atoms. The zero-order valence-corrected chi connectivity index (χ0v) is 12.5. The Hall–Kier alpha value is -0.970. The normalized spacial score (nSPS) is 22.7. The number of rotatable bonds is 4. The molecule has 20 heavy (non-hydrogen) atoms. The van der Waals surface area contributed by atoms with Gasteiger partial charge in [-0.05, 0) is 37.8 Å². The Morgan fingerprint density at radius 3 is 2.55 bits per heavy atom. The van der Waals surface area contributed by atoms with E-state index in [0.29, 0.717) is 23.2 Å². The van der Waals surface area contributed by atoms with Crippen LogP contribution in [0.3, 0.4) is 0 Å². The summed E-state index contributed by atoms with van der Waals surface area (Å²) in [5, 5.41) is 14.0. The molecule has 1 aliphatic carbocycles. The molecule has 0 bridgehead atoms. The van der Waals surface area contributed by atoms with Crippen molar-refractivity contribution in [2.24, 2.45) is 11.7 Å². The zero-order valence-electron chi connectivity index (χ0n) is 11.0. The summed E-state index contributed by atoms with van der Waals surface area (Å²) in [4.78, 5) is 11.1. The minimum Gasteiger partial charge on any atom is -0.506 e. The summed E-state index contributed by atoms with van der Waals surface area (Å²) in [5.74, 6) is -0.140. The molecule has 2 rings (SSSR count). The van der Waals surface area contributed by atoms with Gasteiger partial charge in [-0.2, -0.15) is 0 Å². The predicted molar refractivity (Wildman–Crippen MR) is 79.9 cm³/mol. The molecular weight excluding hydrogens is 299 g/mol. The summed E-state index contributed by atoms with van der Waals surface area (Å²) in [6, 6.07) is 3.54. The molecule has 1 aromatic carbocycles. The highest BCUT2D eigenvalue weighted by Gasteiger charge is 2.24. The maximum absolute atomic E-state index is 11.1. The molecule has 1 aliphatic rings. The Morgan fingerprint density at radius 1 is 1.30 bits per heavy atom. The van der Waals surface area contributed by atoms with Gasteiger partial charge in [0.2, 0.25) is 5.91 Å². The topological polar surface area (TPSA) is 75.4 Å². The highest BCUT2D eigenvalue weighted by atomic mass is 35.5. The molecule has 0 radical (unpaired) electrons. The van der Waals surface area contributed by atoms with E-state index >= 15 is 0 Å². The lowest BCUT2D eigenvalue weighted by atomic mass is 9.85. The van der Waals surface area contributed by atoms with Crippen LogP contribution in [0.4, 0.5) is 0 Å². The van der Waals surface area contributed by atoms with Gasteiger partial charge in [0.05, 0.1) is 5.02 Å². The Bertz CT molecular complexity index is 500. The summed E-state index contributed by atoms with van der Waals surface area (Å²) in [6.45, 7) is 0.498. The Balaban J connectivity index is 1.89. The second-order valence-electron chi connectivity index (χ2n) is 5.23. The largest absolute Gasteiger partial charge is 0.506 e. The third kappa shape index (κ3) is 3.78. The number of amides is 1. The van der Waals surface area contributed by atoms with Crippen LogP contribution in [-0.4, -0.2) is 17.1 Å². The number of benzene rings is 1. The monoisotopic (exact) mass is 316 g/mol. The van der Waals surface area contributed by atoms with Crippen LogP contribution in [0.1, 0.15) is 31.2 Å². The van der Waals surface area contributed by atoms with Gasteiger partial charge in [-0.25, -0.2) is 0 Å². The van der Waals surface area contributed by atoms with Crippen LogP contribution in [0.5, 0.6) is 5.75 Å². The summed E-state index contributed by atoms with van der Waals surface area (Å²) in [7, 11) is 0. The summed E-state index contributed by atoms with van der Waals surface area (Å²) >= 11 is 11.8. The predicted octanol–water partition coefficient (Wildman–Crippen LogP) is 2.83. The molecular formula is C14H18Cl2N2O2. The number of hydrogen-bond acceptors (Lipinski definition) is 3. The van der Waals surface area contributed by atoms with Crippen molar-refractivity contribution in [3.8, 4) is 5.75 Å². The van der Waals surface area contributed by atoms with Crippen LogP contribution < -0.4 is 11.1 Å². The van der Waals surface area contributed by atoms with E-state index in [9.17, 15) is 9.90 Å². The van der Waals surface area contributed by atoms with Crippen molar-refractivity contribution >= 4 is 29.1 Å². The van der Waals surface area contributed by atoms with Crippen LogP contribution >= 0.6 is 23.2 Å². The lowest BCUT2D eigenvalue weighted by Gasteiger charge is -2.27. The summed E-state index contributed by atoms with van der Waals surface area (Å²) in [6.07, 6.45) is 3.44. The quantitative estimate of drug-likeness (QED) is 0.799. The molecule has 6 heteroatoms. The number of carbonyl (C=O) groups is 1. The van der Waals surface area contributed by atoms with Crippen LogP contribution in [-0.2, 0) is 11.3 Å². The standard InChI is InChI=1S/C14H18Cl2N2O2/c15-10-5-9(13(19)12(16)6-10)7-18-11-3-1-8(2-4-11)14(17)20/h5-6,8,11,18-19H,1-4,7H2,(H2,17,20). The third-order valence-corrected chi connectivity index (χ3v) is 4.32. The van der Waals surface area contributed by atoms with E-state index < -0.39 is 0 Å². The first-order chi connectivity index (χ1) is 9.47. The molecule has 0 aromatic heterocycles. The summed E-state index contributed by atoms with van der Waals surface area (Å²) in [5.41, 5.74) is 5.99. The molecule has 4 N–H and O–H groups in total. The van der Waals surface area contributed by atoms with Gasteiger partial charge < -0.3 is 16.2 Å². The van der Waals surface area contributed by atoms with E-state index in [4.69, 9.17) is 28.9 Å². The number of nitrogens with one attached hydrogen (secondary N) is 1. The second-order valence-corrected chi connectivity index (χ2v) is 6.07. The van der Waals surface area contributed by atoms with Crippen LogP contribution in [0.2, 0.25) is 10.0 Å². The van der Waals surface area contributed by atoms with Crippen molar-refractivity contribution in [3.05, 3.63) is 27.7 Å². The maximum atomic E-state index is 11.1. The number of aromatic hydroxyl groups is 1. The third-order valence-electron chi connectivity index (χ3n) is 3.82. The minimum atomic E-state index is -0.206. The fourth-order valence-corrected chi connectivity index (χ4v) is 3.13. The van der Waals surface area contributed by atoms with E-state index in [1.165, 1.54) is 6.07 Å². The Kier molecular flexibility index (Phi) is 5.13. The maximum Gasteiger partial charge on any atom is 0.220 e. The van der Waals surface area contributed by atoms with E-state index in [1.807, 2.05) is 0 Å². The van der Waals surface area contributed by atoms with Crippen molar-refractivity contribution in [2.45, 2.75) is 38.3 Å². The van der Waals surface area contributed by atoms with Crippen molar-refractivity contribution in [1.29, 1.82) is 0 Å². The average Bonchev–Trinajstić information content (AvgIpc) is 2.41. The smallest absolute Gasteiger partial charge is 0.220 e. The SMILES string of the molecule is NC(=O)C1CCC(NCc2cc(Cl)cc(Cl)c2O)CC1. The lowest BCUT2D eigenvalue weighted by molar-refractivity contribution is -0.122. The summed E-state index contributed by atoms with van der Waals surface area (Å²) < 4.78 is 0. The molecule has 0 heterocycles. The number of phenolic OH excluding ortho intramolecular Hbond substituents is 1. The molecule has 1 aromatic rings. The lowest BCUT2D eigenvalue weighted by Crippen LogP contribution is -2.36. The molecule has 1 saturated carbocycles. The van der Waals surface area contributed by atoms with Gasteiger partial charge in [0.1, 0.15) is 5.75 Å². The van der Waals surface area contributed by atoms with Crippen LogP contribution in [0, 0.1) is 5.92 Å². The molecule has 4 nitrogen and oxygen atoms in total. The van der Waals surface area contributed by atoms with E-state index in [-0.39, 0.29) is 22.6 Å². The number of primary amides is 1. The van der Waals surface area contributed by atoms with Crippen molar-refractivity contribution in [1.82, 2.24) is 5.32 Å². The van der Waals surface area contributed by atoms with Gasteiger partial charge >= 0.3 is 0 Å². The highest BCUT2D eigenvalue weighted by molar-refractivity contribution is 6.35. The van der Waals surface area contributed by atoms with Gasteiger partial charge in [0.15, 0.2) is 0 Å². The van der Waals surface area contributed by atoms with E-state index in [0.717, 1.165) is 25.7 Å². The molecule has 1 fully saturated rings. The molecule has 1 amide bonds. The van der Waals surface area contributed by atoms with Crippen molar-refractivity contribution < 1.29 is 9.90 Å². The van der Waals surface area contributed by atoms with Crippen LogP contribution in [0.15, 0.2) is 12.1 Å². The van der Waals surface area contributed by atoms with Crippen molar-refractivity contribution in [3.63, 3.8) is 0 Å². The first kappa shape index (κ1) is 15.4. The van der Waals surface area contributed by atoms with Crippen LogP contribution in [0.25, 0.3) is 0 Å².